The SMILES string of the molecule is O=C(NO)c1cnc(N2CC3(CN(Cc4ccc5c(c4)CCO5)C3)C2)nc1. The van der Waals surface area contributed by atoms with Crippen LogP contribution in [0.1, 0.15) is 21.5 Å². The van der Waals surface area contributed by atoms with Crippen LogP contribution in [0.15, 0.2) is 30.6 Å². The highest BCUT2D eigenvalue weighted by Gasteiger charge is 2.52. The standard InChI is InChI=1S/C19H21N5O3/c25-17(22-26)15-6-20-18(21-7-15)24-11-19(12-24)9-23(10-19)8-13-1-2-16-14(5-13)3-4-27-16/h1-2,5-7,26H,3-4,8-12H2,(H,22,25). The highest BCUT2D eigenvalue weighted by atomic mass is 16.5. The third-order valence-electron chi connectivity index (χ3n) is 5.62. The van der Waals surface area contributed by atoms with Crippen LogP contribution in [0.25, 0.3) is 0 Å². The lowest BCUT2D eigenvalue weighted by Crippen LogP contribution is -2.72. The Labute approximate surface area is 156 Å². The van der Waals surface area contributed by atoms with Gasteiger partial charge in [0, 0.05) is 57.0 Å². The van der Waals surface area contributed by atoms with E-state index in [0.29, 0.717) is 11.4 Å². The zero-order valence-corrected chi connectivity index (χ0v) is 14.9. The molecule has 2 aromatic rings. The van der Waals surface area contributed by atoms with E-state index in [4.69, 9.17) is 9.94 Å². The number of hydrogen-bond acceptors (Lipinski definition) is 7. The average Bonchev–Trinajstić information content (AvgIpc) is 3.10. The van der Waals surface area contributed by atoms with Gasteiger partial charge < -0.3 is 9.64 Å². The molecule has 27 heavy (non-hydrogen) atoms. The lowest BCUT2D eigenvalue weighted by atomic mass is 9.73. The van der Waals surface area contributed by atoms with Crippen molar-refractivity contribution in [3.8, 4) is 5.75 Å². The number of nitrogens with one attached hydrogen (secondary N) is 1. The molecule has 1 aromatic carbocycles. The van der Waals surface area contributed by atoms with Gasteiger partial charge in [-0.3, -0.25) is 14.9 Å². The van der Waals surface area contributed by atoms with Crippen LogP contribution in [-0.2, 0) is 13.0 Å². The van der Waals surface area contributed by atoms with E-state index in [1.165, 1.54) is 23.5 Å². The van der Waals surface area contributed by atoms with Crippen LogP contribution in [-0.4, -0.2) is 58.8 Å². The Morgan fingerprint density at radius 1 is 1.22 bits per heavy atom. The maximum absolute atomic E-state index is 11.3. The minimum Gasteiger partial charge on any atom is -0.493 e. The van der Waals surface area contributed by atoms with E-state index in [-0.39, 0.29) is 5.56 Å². The van der Waals surface area contributed by atoms with Crippen LogP contribution in [0.2, 0.25) is 0 Å². The highest BCUT2D eigenvalue weighted by Crippen LogP contribution is 2.41. The lowest BCUT2D eigenvalue weighted by molar-refractivity contribution is -0.0280. The van der Waals surface area contributed by atoms with E-state index < -0.39 is 5.91 Å². The van der Waals surface area contributed by atoms with Crippen molar-refractivity contribution in [3.63, 3.8) is 0 Å². The van der Waals surface area contributed by atoms with Crippen molar-refractivity contribution in [2.75, 3.05) is 37.7 Å². The van der Waals surface area contributed by atoms with Crippen LogP contribution < -0.4 is 15.1 Å². The lowest BCUT2D eigenvalue weighted by Gasteiger charge is -2.60. The summed E-state index contributed by atoms with van der Waals surface area (Å²) in [4.78, 5) is 24.4. The first-order valence-electron chi connectivity index (χ1n) is 9.13. The first-order chi connectivity index (χ1) is 13.1. The van der Waals surface area contributed by atoms with Gasteiger partial charge in [0.1, 0.15) is 5.75 Å². The van der Waals surface area contributed by atoms with Gasteiger partial charge >= 0.3 is 0 Å². The molecule has 1 amide bonds. The molecule has 1 aromatic heterocycles. The zero-order valence-electron chi connectivity index (χ0n) is 14.9. The summed E-state index contributed by atoms with van der Waals surface area (Å²) < 4.78 is 5.57. The average molecular weight is 367 g/mol. The van der Waals surface area contributed by atoms with Gasteiger partial charge in [-0.1, -0.05) is 12.1 Å². The predicted octanol–water partition coefficient (Wildman–Crippen LogP) is 0.853. The van der Waals surface area contributed by atoms with E-state index in [2.05, 4.69) is 38.0 Å². The number of benzene rings is 1. The van der Waals surface area contributed by atoms with Crippen LogP contribution in [0.3, 0.4) is 0 Å². The molecule has 0 aliphatic carbocycles. The second-order valence-electron chi connectivity index (χ2n) is 7.75. The molecule has 3 aliphatic heterocycles. The molecular weight excluding hydrogens is 346 g/mol. The molecule has 0 radical (unpaired) electrons. The number of carbonyl (C=O) groups excluding carboxylic acids is 1. The van der Waals surface area contributed by atoms with Crippen molar-refractivity contribution in [1.82, 2.24) is 20.3 Å². The van der Waals surface area contributed by atoms with E-state index in [1.54, 1.807) is 5.48 Å². The Hall–Kier alpha value is -2.71. The molecule has 0 saturated carbocycles. The number of amides is 1. The summed E-state index contributed by atoms with van der Waals surface area (Å²) in [5.41, 5.74) is 4.84. The third kappa shape index (κ3) is 2.90. The van der Waals surface area contributed by atoms with Crippen molar-refractivity contribution < 1.29 is 14.7 Å². The van der Waals surface area contributed by atoms with Crippen LogP contribution in [0.5, 0.6) is 5.75 Å². The number of rotatable bonds is 4. The molecule has 0 bridgehead atoms. The summed E-state index contributed by atoms with van der Waals surface area (Å²) in [6.07, 6.45) is 3.88. The topological polar surface area (TPSA) is 90.8 Å². The number of carbonyl (C=O) groups is 1. The van der Waals surface area contributed by atoms with Gasteiger partial charge in [-0.25, -0.2) is 15.4 Å². The van der Waals surface area contributed by atoms with Crippen molar-refractivity contribution >= 4 is 11.9 Å². The highest BCUT2D eigenvalue weighted by molar-refractivity contribution is 5.92. The molecule has 2 fully saturated rings. The Kier molecular flexibility index (Phi) is 3.76. The van der Waals surface area contributed by atoms with Crippen molar-refractivity contribution in [2.24, 2.45) is 5.41 Å². The van der Waals surface area contributed by atoms with Gasteiger partial charge in [0.2, 0.25) is 5.95 Å². The van der Waals surface area contributed by atoms with Gasteiger partial charge in [0.05, 0.1) is 12.2 Å². The zero-order chi connectivity index (χ0) is 18.4. The van der Waals surface area contributed by atoms with E-state index in [1.807, 2.05) is 0 Å². The van der Waals surface area contributed by atoms with E-state index in [9.17, 15) is 4.79 Å². The second-order valence-corrected chi connectivity index (χ2v) is 7.75. The molecular formula is C19H21N5O3. The van der Waals surface area contributed by atoms with Crippen LogP contribution in [0.4, 0.5) is 5.95 Å². The molecule has 2 N–H and O–H groups in total. The fraction of sp³-hybridized carbons (Fsp3) is 0.421. The van der Waals surface area contributed by atoms with E-state index in [0.717, 1.165) is 51.5 Å². The number of nitrogens with zero attached hydrogens (tertiary/aromatic N) is 4. The number of hydrogen-bond donors (Lipinski definition) is 2. The fourth-order valence-corrected chi connectivity index (χ4v) is 4.38. The minimum absolute atomic E-state index is 0.242. The van der Waals surface area contributed by atoms with E-state index >= 15 is 0 Å². The molecule has 4 heterocycles. The van der Waals surface area contributed by atoms with Crippen molar-refractivity contribution in [2.45, 2.75) is 13.0 Å². The molecule has 8 heteroatoms. The Morgan fingerprint density at radius 2 is 2.00 bits per heavy atom. The molecule has 8 nitrogen and oxygen atoms in total. The number of fused-ring (bicyclic) bond motifs is 1. The molecule has 5 rings (SSSR count). The number of hydroxylamine groups is 1. The van der Waals surface area contributed by atoms with Crippen LogP contribution >= 0.6 is 0 Å². The quantitative estimate of drug-likeness (QED) is 0.612. The fourth-order valence-electron chi connectivity index (χ4n) is 4.38. The summed E-state index contributed by atoms with van der Waals surface area (Å²) in [6, 6.07) is 6.54. The summed E-state index contributed by atoms with van der Waals surface area (Å²) in [5, 5.41) is 8.63. The van der Waals surface area contributed by atoms with Gasteiger partial charge in [-0.15, -0.1) is 0 Å². The normalized spacial score (nSPS) is 19.8. The molecule has 0 atom stereocenters. The van der Waals surface area contributed by atoms with Crippen LogP contribution in [0, 0.1) is 5.41 Å². The minimum atomic E-state index is -0.602. The number of ether oxygens (including phenoxy) is 1. The molecule has 1 spiro atoms. The smallest absolute Gasteiger partial charge is 0.277 e. The number of aromatic nitrogens is 2. The van der Waals surface area contributed by atoms with Gasteiger partial charge in [0.25, 0.3) is 5.91 Å². The maximum atomic E-state index is 11.3. The van der Waals surface area contributed by atoms with Crippen molar-refractivity contribution in [1.29, 1.82) is 0 Å². The largest absolute Gasteiger partial charge is 0.493 e. The third-order valence-corrected chi connectivity index (χ3v) is 5.62. The van der Waals surface area contributed by atoms with Gasteiger partial charge in [0.15, 0.2) is 0 Å². The summed E-state index contributed by atoms with van der Waals surface area (Å²) >= 11 is 0. The van der Waals surface area contributed by atoms with Gasteiger partial charge in [-0.2, -0.15) is 0 Å². The second kappa shape index (κ2) is 6.17. The van der Waals surface area contributed by atoms with Gasteiger partial charge in [-0.05, 0) is 17.2 Å². The maximum Gasteiger partial charge on any atom is 0.277 e. The first kappa shape index (κ1) is 16.5. The summed E-state index contributed by atoms with van der Waals surface area (Å²) in [5.74, 6) is 1.07. The molecule has 140 valence electrons. The number of anilines is 1. The Bertz CT molecular complexity index is 871. The summed E-state index contributed by atoms with van der Waals surface area (Å²) in [6.45, 7) is 5.83. The molecule has 0 unspecified atom stereocenters. The predicted molar refractivity (Wildman–Crippen MR) is 96.8 cm³/mol. The monoisotopic (exact) mass is 367 g/mol. The summed E-state index contributed by atoms with van der Waals surface area (Å²) in [7, 11) is 0. The molecule has 2 saturated heterocycles. The molecule has 3 aliphatic rings. The Balaban J connectivity index is 1.14. The van der Waals surface area contributed by atoms with Crippen molar-refractivity contribution in [3.05, 3.63) is 47.3 Å². The number of likely N-dealkylation sites (tertiary alicyclic amines) is 1. The first-order valence-corrected chi connectivity index (χ1v) is 9.13. The Morgan fingerprint density at radius 3 is 2.74 bits per heavy atom.